The molecular formula is C19H23Cl2N3O3. The van der Waals surface area contributed by atoms with Crippen molar-refractivity contribution in [1.29, 1.82) is 0 Å². The van der Waals surface area contributed by atoms with Gasteiger partial charge in [-0.2, -0.15) is 5.10 Å². The first-order valence-corrected chi connectivity index (χ1v) is 9.30. The first kappa shape index (κ1) is 21.1. The summed E-state index contributed by atoms with van der Waals surface area (Å²) < 4.78 is 12.2. The number of methoxy groups -OCH3 is 2. The highest BCUT2D eigenvalue weighted by Crippen LogP contribution is 2.35. The molecule has 0 spiro atoms. The fraction of sp³-hybridized carbons (Fsp3) is 0.368. The SMILES string of the molecule is CCCCn1nc(C)c(/C=C/C(=O)Nc2cc(Cl)c(OC)cc2OC)c1Cl. The number of aromatic nitrogens is 2. The molecule has 0 saturated heterocycles. The number of rotatable bonds is 8. The standard InChI is InChI=1S/C19H23Cl2N3O3/c1-5-6-9-24-19(21)13(12(2)23-24)7-8-18(25)22-15-10-14(20)16(26-3)11-17(15)27-4/h7-8,10-11H,5-6,9H2,1-4H3,(H,22,25)/b8-7+. The van der Waals surface area contributed by atoms with E-state index in [0.29, 0.717) is 27.4 Å². The number of carbonyl (C=O) groups is 1. The van der Waals surface area contributed by atoms with Crippen LogP contribution in [0.5, 0.6) is 11.5 Å². The molecule has 146 valence electrons. The van der Waals surface area contributed by atoms with E-state index in [1.165, 1.54) is 20.3 Å². The van der Waals surface area contributed by atoms with Gasteiger partial charge in [0.15, 0.2) is 0 Å². The van der Waals surface area contributed by atoms with Crippen LogP contribution in [0.15, 0.2) is 18.2 Å². The van der Waals surface area contributed by atoms with Crippen molar-refractivity contribution in [3.63, 3.8) is 0 Å². The summed E-state index contributed by atoms with van der Waals surface area (Å²) in [5.41, 5.74) is 1.94. The molecule has 0 aliphatic carbocycles. The molecule has 0 radical (unpaired) electrons. The molecule has 0 aliphatic heterocycles. The Labute approximate surface area is 169 Å². The third-order valence-corrected chi connectivity index (χ3v) is 4.66. The molecule has 6 nitrogen and oxygen atoms in total. The molecular weight excluding hydrogens is 389 g/mol. The Morgan fingerprint density at radius 3 is 2.59 bits per heavy atom. The van der Waals surface area contributed by atoms with Crippen LogP contribution in [0.25, 0.3) is 6.08 Å². The Morgan fingerprint density at radius 2 is 1.96 bits per heavy atom. The highest BCUT2D eigenvalue weighted by Gasteiger charge is 2.13. The molecule has 1 heterocycles. The number of amides is 1. The summed E-state index contributed by atoms with van der Waals surface area (Å²) in [6.45, 7) is 4.71. The second-order valence-corrected chi connectivity index (χ2v) is 6.64. The molecule has 0 atom stereocenters. The topological polar surface area (TPSA) is 65.4 Å². The van der Waals surface area contributed by atoms with Crippen molar-refractivity contribution in [2.24, 2.45) is 0 Å². The zero-order valence-corrected chi connectivity index (χ0v) is 17.3. The highest BCUT2D eigenvalue weighted by atomic mass is 35.5. The van der Waals surface area contributed by atoms with Gasteiger partial charge in [-0.3, -0.25) is 9.48 Å². The van der Waals surface area contributed by atoms with Crippen LogP contribution in [0.2, 0.25) is 10.2 Å². The molecule has 27 heavy (non-hydrogen) atoms. The van der Waals surface area contributed by atoms with Gasteiger partial charge in [-0.15, -0.1) is 0 Å². The minimum absolute atomic E-state index is 0.341. The summed E-state index contributed by atoms with van der Waals surface area (Å²) in [5, 5.41) is 8.05. The van der Waals surface area contributed by atoms with Gasteiger partial charge < -0.3 is 14.8 Å². The molecule has 0 fully saturated rings. The van der Waals surface area contributed by atoms with Gasteiger partial charge in [0.2, 0.25) is 5.91 Å². The third kappa shape index (κ3) is 5.17. The van der Waals surface area contributed by atoms with Crippen LogP contribution in [0.1, 0.15) is 31.0 Å². The largest absolute Gasteiger partial charge is 0.495 e. The van der Waals surface area contributed by atoms with Crippen LogP contribution >= 0.6 is 23.2 Å². The van der Waals surface area contributed by atoms with Crippen molar-refractivity contribution in [2.45, 2.75) is 33.2 Å². The predicted molar refractivity (Wildman–Crippen MR) is 109 cm³/mol. The minimum Gasteiger partial charge on any atom is -0.495 e. The molecule has 1 N–H and O–H groups in total. The van der Waals surface area contributed by atoms with Crippen molar-refractivity contribution in [2.75, 3.05) is 19.5 Å². The van der Waals surface area contributed by atoms with Gasteiger partial charge >= 0.3 is 0 Å². The molecule has 0 saturated carbocycles. The van der Waals surface area contributed by atoms with Crippen molar-refractivity contribution in [1.82, 2.24) is 9.78 Å². The quantitative estimate of drug-likeness (QED) is 0.622. The van der Waals surface area contributed by atoms with E-state index in [9.17, 15) is 4.79 Å². The third-order valence-electron chi connectivity index (χ3n) is 3.97. The number of aryl methyl sites for hydroxylation is 2. The van der Waals surface area contributed by atoms with Crippen LogP contribution in [0, 0.1) is 6.92 Å². The maximum atomic E-state index is 12.3. The van der Waals surface area contributed by atoms with Gasteiger partial charge in [0.05, 0.1) is 30.6 Å². The van der Waals surface area contributed by atoms with E-state index in [4.69, 9.17) is 32.7 Å². The normalized spacial score (nSPS) is 11.0. The lowest BCUT2D eigenvalue weighted by Gasteiger charge is -2.12. The average Bonchev–Trinajstić information content (AvgIpc) is 2.91. The summed E-state index contributed by atoms with van der Waals surface area (Å²) in [7, 11) is 3.01. The van der Waals surface area contributed by atoms with Gasteiger partial charge in [0, 0.05) is 24.3 Å². The van der Waals surface area contributed by atoms with E-state index in [2.05, 4.69) is 17.3 Å². The first-order valence-electron chi connectivity index (χ1n) is 8.54. The number of nitrogens with zero attached hydrogens (tertiary/aromatic N) is 2. The molecule has 1 aromatic heterocycles. The number of hydrogen-bond acceptors (Lipinski definition) is 4. The number of nitrogens with one attached hydrogen (secondary N) is 1. The molecule has 0 unspecified atom stereocenters. The maximum absolute atomic E-state index is 12.3. The molecule has 1 aromatic carbocycles. The molecule has 0 bridgehead atoms. The summed E-state index contributed by atoms with van der Waals surface area (Å²) in [6, 6.07) is 3.19. The summed E-state index contributed by atoms with van der Waals surface area (Å²) in [4.78, 5) is 12.3. The second kappa shape index (κ2) is 9.67. The first-order chi connectivity index (χ1) is 12.9. The number of benzene rings is 1. The average molecular weight is 412 g/mol. The number of carbonyl (C=O) groups excluding carboxylic acids is 1. The van der Waals surface area contributed by atoms with Crippen molar-refractivity contribution >= 4 is 40.9 Å². The smallest absolute Gasteiger partial charge is 0.248 e. The van der Waals surface area contributed by atoms with Crippen LogP contribution in [0.4, 0.5) is 5.69 Å². The zero-order valence-electron chi connectivity index (χ0n) is 15.8. The molecule has 2 aromatic rings. The zero-order chi connectivity index (χ0) is 20.0. The van der Waals surface area contributed by atoms with E-state index >= 15 is 0 Å². The second-order valence-electron chi connectivity index (χ2n) is 5.88. The number of ether oxygens (including phenoxy) is 2. The lowest BCUT2D eigenvalue weighted by molar-refractivity contribution is -0.111. The highest BCUT2D eigenvalue weighted by molar-refractivity contribution is 6.32. The Morgan fingerprint density at radius 1 is 1.26 bits per heavy atom. The monoisotopic (exact) mass is 411 g/mol. The van der Waals surface area contributed by atoms with Crippen molar-refractivity contribution < 1.29 is 14.3 Å². The summed E-state index contributed by atoms with van der Waals surface area (Å²) in [6.07, 6.45) is 5.09. The number of anilines is 1. The van der Waals surface area contributed by atoms with Gasteiger partial charge in [-0.05, 0) is 25.5 Å². The predicted octanol–water partition coefficient (Wildman–Crippen LogP) is 4.97. The molecule has 0 aliphatic rings. The summed E-state index contributed by atoms with van der Waals surface area (Å²) in [5.74, 6) is 0.565. The number of hydrogen-bond donors (Lipinski definition) is 1. The lowest BCUT2D eigenvalue weighted by Crippen LogP contribution is -2.09. The number of unbranched alkanes of at least 4 members (excludes halogenated alkanes) is 1. The minimum atomic E-state index is -0.341. The van der Waals surface area contributed by atoms with E-state index in [1.54, 1.807) is 22.9 Å². The molecule has 2 rings (SSSR count). The lowest BCUT2D eigenvalue weighted by atomic mass is 10.2. The van der Waals surface area contributed by atoms with Crippen LogP contribution in [-0.2, 0) is 11.3 Å². The van der Waals surface area contributed by atoms with Crippen LogP contribution < -0.4 is 14.8 Å². The van der Waals surface area contributed by atoms with Gasteiger partial charge in [0.1, 0.15) is 16.7 Å². The molecule has 8 heteroatoms. The van der Waals surface area contributed by atoms with Crippen LogP contribution in [-0.4, -0.2) is 29.9 Å². The van der Waals surface area contributed by atoms with E-state index in [0.717, 1.165) is 30.6 Å². The summed E-state index contributed by atoms with van der Waals surface area (Å²) >= 11 is 12.5. The van der Waals surface area contributed by atoms with E-state index < -0.39 is 0 Å². The van der Waals surface area contributed by atoms with Gasteiger partial charge in [0.25, 0.3) is 0 Å². The number of halogens is 2. The van der Waals surface area contributed by atoms with Crippen molar-refractivity contribution in [3.05, 3.63) is 39.6 Å². The Hall–Kier alpha value is -2.18. The fourth-order valence-electron chi connectivity index (χ4n) is 2.50. The fourth-order valence-corrected chi connectivity index (χ4v) is 3.07. The maximum Gasteiger partial charge on any atom is 0.248 e. The Bertz CT molecular complexity index is 847. The van der Waals surface area contributed by atoms with E-state index in [1.807, 2.05) is 6.92 Å². The Kier molecular flexibility index (Phi) is 7.56. The van der Waals surface area contributed by atoms with Gasteiger partial charge in [-0.1, -0.05) is 36.5 Å². The van der Waals surface area contributed by atoms with Gasteiger partial charge in [-0.25, -0.2) is 0 Å². The van der Waals surface area contributed by atoms with E-state index in [-0.39, 0.29) is 5.91 Å². The van der Waals surface area contributed by atoms with Crippen LogP contribution in [0.3, 0.4) is 0 Å². The molecule has 1 amide bonds. The van der Waals surface area contributed by atoms with Crippen molar-refractivity contribution in [3.8, 4) is 11.5 Å². The Balaban J connectivity index is 2.17.